The number of carbonyl (C=O) groups is 2. The number of benzene rings is 1. The van der Waals surface area contributed by atoms with Gasteiger partial charge in [-0.1, -0.05) is 0 Å². The number of halogens is 5. The number of rotatable bonds is 3. The summed E-state index contributed by atoms with van der Waals surface area (Å²) in [4.78, 5) is 21.7. The van der Waals surface area contributed by atoms with Crippen LogP contribution in [0.15, 0.2) is 4.90 Å². The molecule has 0 atom stereocenters. The maximum Gasteiger partial charge on any atom is 0.321 e. The number of carbonyl (C=O) groups excluding carboxylic acids is 2. The molecule has 0 spiro atoms. The third kappa shape index (κ3) is 5.08. The van der Waals surface area contributed by atoms with Crippen molar-refractivity contribution in [1.82, 2.24) is 10.6 Å². The minimum atomic E-state index is -2.28. The first-order valence-corrected chi connectivity index (χ1v) is 7.19. The molecule has 0 heterocycles. The molecule has 23 heavy (non-hydrogen) atoms. The third-order valence-electron chi connectivity index (χ3n) is 2.26. The highest BCUT2D eigenvalue weighted by molar-refractivity contribution is 8.00. The molecule has 1 aromatic carbocycles. The molecule has 0 radical (unpaired) electrons. The van der Waals surface area contributed by atoms with Crippen molar-refractivity contribution in [2.75, 3.05) is 5.75 Å². The molecule has 0 saturated heterocycles. The Hall–Kier alpha value is -1.84. The number of imide groups is 1. The van der Waals surface area contributed by atoms with Gasteiger partial charge >= 0.3 is 6.03 Å². The van der Waals surface area contributed by atoms with Crippen LogP contribution in [-0.2, 0) is 4.79 Å². The number of hydrogen-bond acceptors (Lipinski definition) is 3. The highest BCUT2D eigenvalue weighted by Crippen LogP contribution is 2.30. The number of amides is 3. The topological polar surface area (TPSA) is 58.2 Å². The van der Waals surface area contributed by atoms with Gasteiger partial charge < -0.3 is 5.32 Å². The van der Waals surface area contributed by atoms with Crippen LogP contribution >= 0.6 is 11.8 Å². The summed E-state index contributed by atoms with van der Waals surface area (Å²) in [5, 5.41) is 4.27. The van der Waals surface area contributed by atoms with Gasteiger partial charge in [-0.05, 0) is 20.8 Å². The fraction of sp³-hybridized carbons (Fsp3) is 0.385. The summed E-state index contributed by atoms with van der Waals surface area (Å²) in [6, 6.07) is -0.847. The van der Waals surface area contributed by atoms with Gasteiger partial charge in [-0.3, -0.25) is 10.1 Å². The second-order valence-corrected chi connectivity index (χ2v) is 6.43. The van der Waals surface area contributed by atoms with Gasteiger partial charge in [0.05, 0.1) is 10.6 Å². The van der Waals surface area contributed by atoms with Gasteiger partial charge in [-0.25, -0.2) is 26.7 Å². The number of hydrogen-bond donors (Lipinski definition) is 2. The summed E-state index contributed by atoms with van der Waals surface area (Å²) in [6.07, 6.45) is 0. The van der Waals surface area contributed by atoms with Crippen LogP contribution in [0.25, 0.3) is 0 Å². The van der Waals surface area contributed by atoms with Crippen LogP contribution in [0.2, 0.25) is 0 Å². The maximum atomic E-state index is 13.4. The molecule has 1 rings (SSSR count). The van der Waals surface area contributed by atoms with Crippen LogP contribution in [0.4, 0.5) is 26.7 Å². The van der Waals surface area contributed by atoms with E-state index in [1.54, 1.807) is 20.8 Å². The largest absolute Gasteiger partial charge is 0.333 e. The maximum absolute atomic E-state index is 13.4. The molecule has 0 aliphatic heterocycles. The molecule has 1 aromatic rings. The van der Waals surface area contributed by atoms with E-state index in [0.717, 1.165) is 0 Å². The predicted molar refractivity (Wildman–Crippen MR) is 73.4 cm³/mol. The first-order chi connectivity index (χ1) is 10.4. The second kappa shape index (κ2) is 7.16. The van der Waals surface area contributed by atoms with Crippen LogP contribution < -0.4 is 10.6 Å². The monoisotopic (exact) mass is 356 g/mol. The van der Waals surface area contributed by atoms with Gasteiger partial charge in [0.15, 0.2) is 23.3 Å². The summed E-state index contributed by atoms with van der Waals surface area (Å²) < 4.78 is 65.6. The molecule has 10 heteroatoms. The van der Waals surface area contributed by atoms with Crippen LogP contribution in [0, 0.1) is 29.1 Å². The lowest BCUT2D eigenvalue weighted by atomic mass is 10.1. The zero-order chi connectivity index (χ0) is 17.9. The first-order valence-electron chi connectivity index (χ1n) is 6.20. The van der Waals surface area contributed by atoms with E-state index in [-0.39, 0.29) is 11.8 Å². The van der Waals surface area contributed by atoms with E-state index >= 15 is 0 Å². The Morgan fingerprint density at radius 1 is 0.913 bits per heavy atom. The van der Waals surface area contributed by atoms with Gasteiger partial charge in [0.1, 0.15) is 0 Å². The quantitative estimate of drug-likeness (QED) is 0.379. The van der Waals surface area contributed by atoms with Crippen molar-refractivity contribution in [2.24, 2.45) is 0 Å². The van der Waals surface area contributed by atoms with Crippen LogP contribution in [0.1, 0.15) is 20.8 Å². The van der Waals surface area contributed by atoms with Gasteiger partial charge in [0.2, 0.25) is 11.7 Å². The van der Waals surface area contributed by atoms with E-state index in [0.29, 0.717) is 0 Å². The zero-order valence-electron chi connectivity index (χ0n) is 12.3. The summed E-state index contributed by atoms with van der Waals surface area (Å²) in [6.45, 7) is 4.96. The average Bonchev–Trinajstić information content (AvgIpc) is 2.40. The molecular weight excluding hydrogens is 343 g/mol. The van der Waals surface area contributed by atoms with Gasteiger partial charge in [0, 0.05) is 5.54 Å². The minimum Gasteiger partial charge on any atom is -0.333 e. The molecule has 4 nitrogen and oxygen atoms in total. The molecule has 0 unspecified atom stereocenters. The molecule has 2 N–H and O–H groups in total. The van der Waals surface area contributed by atoms with E-state index in [1.165, 1.54) is 0 Å². The number of nitrogens with one attached hydrogen (secondary N) is 2. The van der Waals surface area contributed by atoms with Crippen LogP contribution in [-0.4, -0.2) is 23.2 Å². The van der Waals surface area contributed by atoms with Crippen LogP contribution in [0.3, 0.4) is 0 Å². The Morgan fingerprint density at radius 3 is 1.78 bits per heavy atom. The lowest BCUT2D eigenvalue weighted by molar-refractivity contribution is -0.117. The minimum absolute atomic E-state index is 0.0901. The molecule has 128 valence electrons. The summed E-state index contributed by atoms with van der Waals surface area (Å²) in [5.74, 6) is -12.2. The molecule has 0 aliphatic carbocycles. The van der Waals surface area contributed by atoms with Gasteiger partial charge in [0.25, 0.3) is 0 Å². The molecule has 0 bridgehead atoms. The number of thioether (sulfide) groups is 1. The molecule has 0 saturated carbocycles. The van der Waals surface area contributed by atoms with Gasteiger partial charge in [-0.15, -0.1) is 11.8 Å². The van der Waals surface area contributed by atoms with E-state index < -0.39 is 57.2 Å². The predicted octanol–water partition coefficient (Wildman–Crippen LogP) is 3.10. The Balaban J connectivity index is 2.76. The Labute approximate surface area is 132 Å². The van der Waals surface area contributed by atoms with Crippen molar-refractivity contribution in [3.8, 4) is 0 Å². The van der Waals surface area contributed by atoms with Crippen molar-refractivity contribution in [3.63, 3.8) is 0 Å². The van der Waals surface area contributed by atoms with Gasteiger partial charge in [-0.2, -0.15) is 0 Å². The Bertz CT molecular complexity index is 617. The second-order valence-electron chi connectivity index (χ2n) is 5.44. The number of urea groups is 1. The zero-order valence-corrected chi connectivity index (χ0v) is 13.1. The summed E-state index contributed by atoms with van der Waals surface area (Å²) >= 11 is 0.0901. The lowest BCUT2D eigenvalue weighted by Crippen LogP contribution is -2.48. The molecule has 3 amide bonds. The van der Waals surface area contributed by atoms with E-state index in [2.05, 4.69) is 5.32 Å². The normalized spacial score (nSPS) is 11.3. The fourth-order valence-electron chi connectivity index (χ4n) is 1.38. The standard InChI is InChI=1S/C13H13F5N2O2S/c1-13(2,3)20-12(22)19-5(21)4-23-11-9(17)7(15)6(14)8(16)10(11)18/h4H2,1-3H3,(H2,19,20,21,22). The summed E-state index contributed by atoms with van der Waals surface area (Å²) in [5.41, 5.74) is -0.626. The smallest absolute Gasteiger partial charge is 0.321 e. The summed E-state index contributed by atoms with van der Waals surface area (Å²) in [7, 11) is 0. The highest BCUT2D eigenvalue weighted by Gasteiger charge is 2.26. The van der Waals surface area contributed by atoms with Crippen molar-refractivity contribution in [2.45, 2.75) is 31.2 Å². The van der Waals surface area contributed by atoms with E-state index in [1.807, 2.05) is 5.32 Å². The first kappa shape index (κ1) is 19.2. The lowest BCUT2D eigenvalue weighted by Gasteiger charge is -2.20. The van der Waals surface area contributed by atoms with Crippen molar-refractivity contribution < 1.29 is 31.5 Å². The van der Waals surface area contributed by atoms with E-state index in [9.17, 15) is 31.5 Å². The molecule has 0 aliphatic rings. The van der Waals surface area contributed by atoms with Crippen molar-refractivity contribution in [3.05, 3.63) is 29.1 Å². The Morgan fingerprint density at radius 2 is 1.35 bits per heavy atom. The van der Waals surface area contributed by atoms with Crippen molar-refractivity contribution >= 4 is 23.7 Å². The van der Waals surface area contributed by atoms with Crippen molar-refractivity contribution in [1.29, 1.82) is 0 Å². The Kier molecular flexibility index (Phi) is 5.98. The third-order valence-corrected chi connectivity index (χ3v) is 3.31. The average molecular weight is 356 g/mol. The molecule has 0 fully saturated rings. The SMILES string of the molecule is CC(C)(C)NC(=O)NC(=O)CSc1c(F)c(F)c(F)c(F)c1F. The van der Waals surface area contributed by atoms with Crippen LogP contribution in [0.5, 0.6) is 0 Å². The fourth-order valence-corrected chi connectivity index (χ4v) is 2.16. The van der Waals surface area contributed by atoms with E-state index in [4.69, 9.17) is 0 Å². The highest BCUT2D eigenvalue weighted by atomic mass is 32.2. The molecule has 0 aromatic heterocycles. The molecular formula is C13H13F5N2O2S.